The Morgan fingerprint density at radius 1 is 1.04 bits per heavy atom. The van der Waals surface area contributed by atoms with E-state index in [0.29, 0.717) is 0 Å². The minimum absolute atomic E-state index is 0.134. The first kappa shape index (κ1) is 19.2. The third-order valence-corrected chi connectivity index (χ3v) is 6.33. The lowest BCUT2D eigenvalue weighted by atomic mass is 9.98. The van der Waals surface area contributed by atoms with Gasteiger partial charge in [0.15, 0.2) is 0 Å². The highest BCUT2D eigenvalue weighted by molar-refractivity contribution is 7.91. The maximum Gasteiger partial charge on any atom is 0.270 e. The predicted molar refractivity (Wildman–Crippen MR) is 104 cm³/mol. The Bertz CT molecular complexity index is 1050. The van der Waals surface area contributed by atoms with Crippen LogP contribution in [0.5, 0.6) is 0 Å². The van der Waals surface area contributed by atoms with Crippen molar-refractivity contribution in [3.05, 3.63) is 71.3 Å². The first-order valence-corrected chi connectivity index (χ1v) is 10.4. The molecule has 1 amide bonds. The highest BCUT2D eigenvalue weighted by atomic mass is 32.2. The number of benzene rings is 2. The molecule has 0 spiro atoms. The molecule has 140 valence electrons. The molecule has 0 fully saturated rings. The molecule has 2 N–H and O–H groups in total. The molecule has 0 radical (unpaired) electrons. The van der Waals surface area contributed by atoms with E-state index in [1.165, 1.54) is 6.92 Å². The Hall–Kier alpha value is -2.62. The Kier molecular flexibility index (Phi) is 5.64. The number of carbonyl (C=O) groups excluding carboxylic acids is 1. The number of rotatable bonds is 6. The summed E-state index contributed by atoms with van der Waals surface area (Å²) in [6.07, 6.45) is 0. The van der Waals surface area contributed by atoms with Crippen LogP contribution in [-0.4, -0.2) is 24.5 Å². The van der Waals surface area contributed by atoms with Crippen LogP contribution in [0.4, 0.5) is 5.13 Å². The number of aryl methyl sites for hydroxylation is 1. The van der Waals surface area contributed by atoms with E-state index >= 15 is 0 Å². The Morgan fingerprint density at radius 3 is 2.41 bits per heavy atom. The second kappa shape index (κ2) is 7.95. The third kappa shape index (κ3) is 4.76. The van der Waals surface area contributed by atoms with E-state index < -0.39 is 16.1 Å². The average molecular weight is 403 g/mol. The van der Waals surface area contributed by atoms with Crippen LogP contribution in [0.15, 0.2) is 58.9 Å². The number of nitrogens with zero attached hydrogens (tertiary/aromatic N) is 2. The lowest BCUT2D eigenvalue weighted by Crippen LogP contribution is -2.29. The van der Waals surface area contributed by atoms with E-state index in [1.807, 2.05) is 61.5 Å². The van der Waals surface area contributed by atoms with Gasteiger partial charge in [-0.3, -0.25) is 4.79 Å². The van der Waals surface area contributed by atoms with Gasteiger partial charge in [-0.1, -0.05) is 71.5 Å². The summed E-state index contributed by atoms with van der Waals surface area (Å²) in [7, 11) is -3.94. The topological polar surface area (TPSA) is 101 Å². The minimum Gasteiger partial charge on any atom is -0.301 e. The highest BCUT2D eigenvalue weighted by Gasteiger charge is 2.26. The van der Waals surface area contributed by atoms with Crippen LogP contribution in [0.2, 0.25) is 0 Å². The molecule has 1 heterocycles. The van der Waals surface area contributed by atoms with Gasteiger partial charge >= 0.3 is 0 Å². The maximum absolute atomic E-state index is 12.9. The summed E-state index contributed by atoms with van der Waals surface area (Å²) in [4.78, 5) is 11.1. The molecule has 3 rings (SSSR count). The molecule has 0 bridgehead atoms. The van der Waals surface area contributed by atoms with Gasteiger partial charge in [0.05, 0.1) is 6.04 Å². The second-order valence-corrected chi connectivity index (χ2v) is 8.80. The van der Waals surface area contributed by atoms with E-state index in [-0.39, 0.29) is 15.4 Å². The van der Waals surface area contributed by atoms with Crippen molar-refractivity contribution in [3.8, 4) is 0 Å². The molecule has 0 aliphatic carbocycles. The van der Waals surface area contributed by atoms with Gasteiger partial charge in [0.2, 0.25) is 15.4 Å². The van der Waals surface area contributed by atoms with E-state index in [0.717, 1.165) is 28.0 Å². The quantitative estimate of drug-likeness (QED) is 0.618. The van der Waals surface area contributed by atoms with Gasteiger partial charge in [0, 0.05) is 6.92 Å². The number of carbonyl (C=O) groups is 1. The lowest BCUT2D eigenvalue weighted by molar-refractivity contribution is -0.114. The van der Waals surface area contributed by atoms with Gasteiger partial charge in [-0.15, -0.1) is 10.2 Å². The molecular weight excluding hydrogens is 384 g/mol. The fourth-order valence-electron chi connectivity index (χ4n) is 2.55. The molecule has 0 aliphatic heterocycles. The third-order valence-electron chi connectivity index (χ3n) is 3.70. The van der Waals surface area contributed by atoms with Crippen LogP contribution >= 0.6 is 11.3 Å². The summed E-state index contributed by atoms with van der Waals surface area (Å²) in [6, 6.07) is 16.4. The van der Waals surface area contributed by atoms with Gasteiger partial charge in [-0.05, 0) is 18.1 Å². The number of hydrogen-bond donors (Lipinski definition) is 2. The Labute approximate surface area is 161 Å². The Morgan fingerprint density at radius 2 is 1.74 bits per heavy atom. The van der Waals surface area contributed by atoms with Gasteiger partial charge in [0.25, 0.3) is 10.0 Å². The molecular formula is C18H18N4O3S2. The van der Waals surface area contributed by atoms with Crippen LogP contribution in [0.25, 0.3) is 0 Å². The summed E-state index contributed by atoms with van der Waals surface area (Å²) < 4.78 is 28.2. The predicted octanol–water partition coefficient (Wildman–Crippen LogP) is 2.87. The number of nitrogens with one attached hydrogen (secondary N) is 2. The van der Waals surface area contributed by atoms with Gasteiger partial charge in [-0.2, -0.15) is 4.72 Å². The number of aromatic nitrogens is 2. The molecule has 9 heteroatoms. The summed E-state index contributed by atoms with van der Waals surface area (Å²) in [5.74, 6) is -0.343. The van der Waals surface area contributed by atoms with Crippen molar-refractivity contribution in [2.45, 2.75) is 24.2 Å². The largest absolute Gasteiger partial charge is 0.301 e. The fourth-order valence-corrected chi connectivity index (χ4v) is 4.72. The van der Waals surface area contributed by atoms with Crippen molar-refractivity contribution < 1.29 is 13.2 Å². The van der Waals surface area contributed by atoms with Crippen LogP contribution < -0.4 is 10.0 Å². The number of anilines is 1. The molecule has 0 saturated carbocycles. The van der Waals surface area contributed by atoms with Crippen molar-refractivity contribution in [2.75, 3.05) is 5.32 Å². The molecule has 0 saturated heterocycles. The second-order valence-electron chi connectivity index (χ2n) is 5.93. The zero-order valence-electron chi connectivity index (χ0n) is 14.7. The molecule has 27 heavy (non-hydrogen) atoms. The zero-order chi connectivity index (χ0) is 19.4. The molecule has 1 aromatic heterocycles. The van der Waals surface area contributed by atoms with Crippen LogP contribution in [0.1, 0.15) is 29.7 Å². The van der Waals surface area contributed by atoms with Crippen LogP contribution in [0, 0.1) is 6.92 Å². The van der Waals surface area contributed by atoms with E-state index in [4.69, 9.17) is 0 Å². The van der Waals surface area contributed by atoms with Crippen molar-refractivity contribution in [3.63, 3.8) is 0 Å². The Balaban J connectivity index is 1.96. The number of sulfonamides is 1. The van der Waals surface area contributed by atoms with Crippen molar-refractivity contribution in [2.24, 2.45) is 0 Å². The van der Waals surface area contributed by atoms with Gasteiger partial charge in [0.1, 0.15) is 0 Å². The molecule has 0 aliphatic rings. The molecule has 3 aromatic rings. The normalized spacial score (nSPS) is 12.5. The minimum atomic E-state index is -3.94. The van der Waals surface area contributed by atoms with E-state index in [9.17, 15) is 13.2 Å². The van der Waals surface area contributed by atoms with Crippen molar-refractivity contribution in [1.29, 1.82) is 0 Å². The smallest absolute Gasteiger partial charge is 0.270 e. The van der Waals surface area contributed by atoms with Crippen LogP contribution in [0.3, 0.4) is 0 Å². The summed E-state index contributed by atoms with van der Waals surface area (Å²) >= 11 is 0.799. The average Bonchev–Trinajstić information content (AvgIpc) is 3.09. The van der Waals surface area contributed by atoms with E-state index in [1.54, 1.807) is 0 Å². The van der Waals surface area contributed by atoms with Gasteiger partial charge in [-0.25, -0.2) is 8.42 Å². The summed E-state index contributed by atoms with van der Waals surface area (Å²) in [6.45, 7) is 3.27. The molecule has 0 unspecified atom stereocenters. The molecule has 7 nitrogen and oxygen atoms in total. The highest BCUT2D eigenvalue weighted by Crippen LogP contribution is 2.27. The van der Waals surface area contributed by atoms with Crippen molar-refractivity contribution in [1.82, 2.24) is 14.9 Å². The van der Waals surface area contributed by atoms with Gasteiger partial charge < -0.3 is 5.32 Å². The first-order valence-electron chi connectivity index (χ1n) is 8.10. The molecule has 2 aromatic carbocycles. The first-order chi connectivity index (χ1) is 12.8. The van der Waals surface area contributed by atoms with Crippen LogP contribution in [-0.2, 0) is 14.8 Å². The maximum atomic E-state index is 12.9. The molecule has 1 atom stereocenters. The SMILES string of the molecule is CC(=O)Nc1nnc(S(=O)(=O)N[C@H](c2ccccc2)c2cccc(C)c2)s1. The summed E-state index contributed by atoms with van der Waals surface area (Å²) in [5.41, 5.74) is 2.64. The fraction of sp³-hybridized carbons (Fsp3) is 0.167. The standard InChI is InChI=1S/C18H18N4O3S2/c1-12-7-6-10-15(11-12)16(14-8-4-3-5-9-14)22-27(24,25)18-21-20-17(26-18)19-13(2)23/h3-11,16,22H,1-2H3,(H,19,20,23)/t16-/m1/s1. The summed E-state index contributed by atoms with van der Waals surface area (Å²) in [5, 5.41) is 9.98. The van der Waals surface area contributed by atoms with E-state index in [2.05, 4.69) is 20.2 Å². The number of amides is 1. The van der Waals surface area contributed by atoms with Crippen molar-refractivity contribution >= 4 is 32.4 Å². The lowest BCUT2D eigenvalue weighted by Gasteiger charge is -2.19. The monoisotopic (exact) mass is 402 g/mol. The zero-order valence-corrected chi connectivity index (χ0v) is 16.3. The number of hydrogen-bond acceptors (Lipinski definition) is 6.